The predicted octanol–water partition coefficient (Wildman–Crippen LogP) is 6.38. The molecule has 0 aliphatic rings. The van der Waals surface area contributed by atoms with Crippen LogP contribution in [0.25, 0.3) is 0 Å². The van der Waals surface area contributed by atoms with Crippen LogP contribution in [0, 0.1) is 6.92 Å². The van der Waals surface area contributed by atoms with Gasteiger partial charge < -0.3 is 4.74 Å². The molecule has 0 N–H and O–H groups in total. The summed E-state index contributed by atoms with van der Waals surface area (Å²) in [7, 11) is 0. The van der Waals surface area contributed by atoms with Crippen LogP contribution in [0.1, 0.15) is 28.4 Å². The second-order valence-corrected chi connectivity index (χ2v) is 6.82. The highest BCUT2D eigenvalue weighted by Crippen LogP contribution is 2.38. The lowest BCUT2D eigenvalue weighted by Crippen LogP contribution is -1.99. The van der Waals surface area contributed by atoms with E-state index in [-0.39, 0.29) is 4.83 Å². The van der Waals surface area contributed by atoms with E-state index in [1.54, 1.807) is 6.07 Å². The van der Waals surface area contributed by atoms with E-state index in [4.69, 9.17) is 27.9 Å². The van der Waals surface area contributed by atoms with Crippen molar-refractivity contribution in [3.8, 4) is 5.75 Å². The highest BCUT2D eigenvalue weighted by atomic mass is 79.9. The standard InChI is InChI=1S/C17H17BrCl2O/c1-3-21-17-10-15(19)13(9-16(17)20)14(18)8-12-6-4-5-11(2)7-12/h4-7,9-10,14H,3,8H2,1-2H3. The summed E-state index contributed by atoms with van der Waals surface area (Å²) in [5.41, 5.74) is 3.49. The van der Waals surface area contributed by atoms with Crippen molar-refractivity contribution in [2.24, 2.45) is 0 Å². The van der Waals surface area contributed by atoms with Gasteiger partial charge in [0.15, 0.2) is 0 Å². The van der Waals surface area contributed by atoms with E-state index in [2.05, 4.69) is 47.1 Å². The van der Waals surface area contributed by atoms with Crippen molar-refractivity contribution >= 4 is 39.1 Å². The maximum atomic E-state index is 6.36. The molecule has 21 heavy (non-hydrogen) atoms. The predicted molar refractivity (Wildman–Crippen MR) is 94.2 cm³/mol. The Labute approximate surface area is 144 Å². The van der Waals surface area contributed by atoms with Gasteiger partial charge in [0.05, 0.1) is 11.6 Å². The Morgan fingerprint density at radius 1 is 1.14 bits per heavy atom. The molecule has 1 unspecified atom stereocenters. The van der Waals surface area contributed by atoms with E-state index < -0.39 is 0 Å². The summed E-state index contributed by atoms with van der Waals surface area (Å²) < 4.78 is 5.45. The molecule has 0 fully saturated rings. The number of aryl methyl sites for hydroxylation is 1. The van der Waals surface area contributed by atoms with Crippen LogP contribution in [-0.2, 0) is 6.42 Å². The molecule has 2 aromatic carbocycles. The van der Waals surface area contributed by atoms with E-state index in [0.29, 0.717) is 22.4 Å². The highest BCUT2D eigenvalue weighted by molar-refractivity contribution is 9.09. The van der Waals surface area contributed by atoms with Crippen LogP contribution in [0.3, 0.4) is 0 Å². The third-order valence-corrected chi connectivity index (χ3v) is 4.63. The van der Waals surface area contributed by atoms with Gasteiger partial charge in [0.25, 0.3) is 0 Å². The summed E-state index contributed by atoms with van der Waals surface area (Å²) in [5, 5.41) is 1.25. The first-order valence-corrected chi connectivity index (χ1v) is 8.49. The van der Waals surface area contributed by atoms with Gasteiger partial charge in [-0.2, -0.15) is 0 Å². The molecule has 2 rings (SSSR count). The normalized spacial score (nSPS) is 12.2. The summed E-state index contributed by atoms with van der Waals surface area (Å²) in [4.78, 5) is 0.111. The summed E-state index contributed by atoms with van der Waals surface area (Å²) in [6, 6.07) is 12.1. The van der Waals surface area contributed by atoms with Gasteiger partial charge in [0.1, 0.15) is 5.75 Å². The minimum Gasteiger partial charge on any atom is -0.492 e. The first-order chi connectivity index (χ1) is 10.0. The zero-order valence-electron chi connectivity index (χ0n) is 12.0. The van der Waals surface area contributed by atoms with Crippen LogP contribution < -0.4 is 4.74 Å². The van der Waals surface area contributed by atoms with Gasteiger partial charge in [-0.15, -0.1) is 0 Å². The molecule has 0 aliphatic carbocycles. The molecule has 112 valence electrons. The smallest absolute Gasteiger partial charge is 0.139 e. The first-order valence-electron chi connectivity index (χ1n) is 6.82. The van der Waals surface area contributed by atoms with E-state index in [1.165, 1.54) is 11.1 Å². The van der Waals surface area contributed by atoms with Gasteiger partial charge in [-0.05, 0) is 37.5 Å². The number of benzene rings is 2. The van der Waals surface area contributed by atoms with Crippen molar-refractivity contribution in [1.82, 2.24) is 0 Å². The Balaban J connectivity index is 2.23. The van der Waals surface area contributed by atoms with Crippen LogP contribution in [0.15, 0.2) is 36.4 Å². The van der Waals surface area contributed by atoms with Crippen LogP contribution in [0.4, 0.5) is 0 Å². The Bertz CT molecular complexity index is 628. The maximum absolute atomic E-state index is 6.36. The van der Waals surface area contributed by atoms with Crippen molar-refractivity contribution in [3.05, 3.63) is 63.1 Å². The quantitative estimate of drug-likeness (QED) is 0.540. The molecule has 2 aromatic rings. The second-order valence-electron chi connectivity index (χ2n) is 4.90. The minimum atomic E-state index is 0.111. The van der Waals surface area contributed by atoms with Crippen molar-refractivity contribution in [3.63, 3.8) is 0 Å². The number of rotatable bonds is 5. The molecule has 0 amide bonds. The number of halogens is 3. The van der Waals surface area contributed by atoms with E-state index in [1.807, 2.05) is 13.0 Å². The Kier molecular flexibility index (Phi) is 5.98. The summed E-state index contributed by atoms with van der Waals surface area (Å²) >= 11 is 16.3. The molecule has 0 bridgehead atoms. The number of hydrogen-bond acceptors (Lipinski definition) is 1. The van der Waals surface area contributed by atoms with Gasteiger partial charge in [0.2, 0.25) is 0 Å². The van der Waals surface area contributed by atoms with Gasteiger partial charge in [0, 0.05) is 15.9 Å². The molecule has 0 heterocycles. The molecule has 1 atom stereocenters. The van der Waals surface area contributed by atoms with Crippen LogP contribution in [0.5, 0.6) is 5.75 Å². The molecule has 0 spiro atoms. The largest absolute Gasteiger partial charge is 0.492 e. The Hall–Kier alpha value is -0.700. The van der Waals surface area contributed by atoms with E-state index in [9.17, 15) is 0 Å². The molecule has 0 saturated heterocycles. The van der Waals surface area contributed by atoms with E-state index in [0.717, 1.165) is 12.0 Å². The third-order valence-electron chi connectivity index (χ3n) is 3.19. The third kappa shape index (κ3) is 4.38. The SMILES string of the molecule is CCOc1cc(Cl)c(C(Br)Cc2cccc(C)c2)cc1Cl. The molecule has 1 nitrogen and oxygen atoms in total. The Morgan fingerprint density at radius 3 is 2.57 bits per heavy atom. The molecule has 4 heteroatoms. The fourth-order valence-corrected chi connectivity index (χ4v) is 3.60. The molecular formula is C17H17BrCl2O. The zero-order valence-corrected chi connectivity index (χ0v) is 15.1. The van der Waals surface area contributed by atoms with Crippen molar-refractivity contribution in [2.75, 3.05) is 6.61 Å². The van der Waals surface area contributed by atoms with Crippen LogP contribution >= 0.6 is 39.1 Å². The topological polar surface area (TPSA) is 9.23 Å². The molecule has 0 radical (unpaired) electrons. The highest BCUT2D eigenvalue weighted by Gasteiger charge is 2.16. The fraction of sp³-hybridized carbons (Fsp3) is 0.294. The van der Waals surface area contributed by atoms with Gasteiger partial charge in [-0.25, -0.2) is 0 Å². The zero-order chi connectivity index (χ0) is 15.4. The van der Waals surface area contributed by atoms with Crippen LogP contribution in [0.2, 0.25) is 10.0 Å². The number of hydrogen-bond donors (Lipinski definition) is 0. The first kappa shape index (κ1) is 16.7. The minimum absolute atomic E-state index is 0.111. The molecule has 0 aliphatic heterocycles. The lowest BCUT2D eigenvalue weighted by atomic mass is 10.0. The van der Waals surface area contributed by atoms with Crippen molar-refractivity contribution in [2.45, 2.75) is 25.1 Å². The monoisotopic (exact) mass is 386 g/mol. The number of alkyl halides is 1. The van der Waals surface area contributed by atoms with Crippen molar-refractivity contribution in [1.29, 1.82) is 0 Å². The molecular weight excluding hydrogens is 371 g/mol. The van der Waals surface area contributed by atoms with Crippen molar-refractivity contribution < 1.29 is 4.74 Å². The Morgan fingerprint density at radius 2 is 1.90 bits per heavy atom. The molecule has 0 aromatic heterocycles. The lowest BCUT2D eigenvalue weighted by molar-refractivity contribution is 0.340. The fourth-order valence-electron chi connectivity index (χ4n) is 2.21. The maximum Gasteiger partial charge on any atom is 0.139 e. The lowest BCUT2D eigenvalue weighted by Gasteiger charge is -2.15. The summed E-state index contributed by atoms with van der Waals surface area (Å²) in [6.45, 7) is 4.58. The molecule has 0 saturated carbocycles. The van der Waals surface area contributed by atoms with Crippen LogP contribution in [-0.4, -0.2) is 6.61 Å². The average molecular weight is 388 g/mol. The average Bonchev–Trinajstić information content (AvgIpc) is 2.42. The summed E-state index contributed by atoms with van der Waals surface area (Å²) in [5.74, 6) is 0.628. The van der Waals surface area contributed by atoms with Gasteiger partial charge in [-0.3, -0.25) is 0 Å². The number of ether oxygens (including phenoxy) is 1. The van der Waals surface area contributed by atoms with Gasteiger partial charge >= 0.3 is 0 Å². The van der Waals surface area contributed by atoms with Gasteiger partial charge in [-0.1, -0.05) is 69.0 Å². The second kappa shape index (κ2) is 7.53. The summed E-state index contributed by atoms with van der Waals surface area (Å²) in [6.07, 6.45) is 0.853. The van der Waals surface area contributed by atoms with E-state index >= 15 is 0 Å².